The molecule has 0 spiro atoms. The van der Waals surface area contributed by atoms with Gasteiger partial charge in [0.1, 0.15) is 5.82 Å². The number of hydrogen-bond acceptors (Lipinski definition) is 2. The summed E-state index contributed by atoms with van der Waals surface area (Å²) >= 11 is 0. The number of H-pyrrole nitrogens is 1. The van der Waals surface area contributed by atoms with Gasteiger partial charge < -0.3 is 9.55 Å². The topological polar surface area (TPSA) is 50.7 Å². The number of pyridine rings is 1. The third kappa shape index (κ3) is 2.73. The molecule has 0 aliphatic rings. The predicted octanol–water partition coefficient (Wildman–Crippen LogP) is 4.37. The van der Waals surface area contributed by atoms with Crippen LogP contribution in [0.2, 0.25) is 0 Å². The van der Waals surface area contributed by atoms with Crippen molar-refractivity contribution in [2.45, 2.75) is 27.3 Å². The highest BCUT2D eigenvalue weighted by Crippen LogP contribution is 2.27. The smallest absolute Gasteiger partial charge is 0.258 e. The molecule has 0 unspecified atom stereocenters. The Hall–Kier alpha value is -3.14. The standard InChI is InChI=1S/C22H21N3O/c1-14-7-4-5-8-17(14)13-25-20-12-16(3)15(2)11-19(20)24-21(25)18-9-6-10-23-22(18)26/h4-12H,13H2,1-3H3,(H,23,26). The number of hydrogen-bond donors (Lipinski definition) is 1. The summed E-state index contributed by atoms with van der Waals surface area (Å²) < 4.78 is 2.15. The predicted molar refractivity (Wildman–Crippen MR) is 106 cm³/mol. The molecule has 0 fully saturated rings. The zero-order chi connectivity index (χ0) is 18.3. The minimum atomic E-state index is -0.123. The van der Waals surface area contributed by atoms with E-state index in [-0.39, 0.29) is 5.56 Å². The van der Waals surface area contributed by atoms with Crippen molar-refractivity contribution >= 4 is 11.0 Å². The number of nitrogens with zero attached hydrogens (tertiary/aromatic N) is 2. The summed E-state index contributed by atoms with van der Waals surface area (Å²) in [5, 5.41) is 0. The second kappa shape index (κ2) is 6.30. The second-order valence-electron chi connectivity index (χ2n) is 6.79. The fraction of sp³-hybridized carbons (Fsp3) is 0.182. The third-order valence-corrected chi connectivity index (χ3v) is 5.01. The van der Waals surface area contributed by atoms with Crippen molar-refractivity contribution in [2.75, 3.05) is 0 Å². The van der Waals surface area contributed by atoms with E-state index in [1.165, 1.54) is 22.3 Å². The van der Waals surface area contributed by atoms with Crippen molar-refractivity contribution in [1.82, 2.24) is 14.5 Å². The number of rotatable bonds is 3. The van der Waals surface area contributed by atoms with Crippen LogP contribution in [0.3, 0.4) is 0 Å². The van der Waals surface area contributed by atoms with Gasteiger partial charge in [-0.2, -0.15) is 0 Å². The van der Waals surface area contributed by atoms with E-state index in [1.807, 2.05) is 24.3 Å². The first-order valence-corrected chi connectivity index (χ1v) is 8.74. The highest BCUT2D eigenvalue weighted by molar-refractivity contribution is 5.82. The summed E-state index contributed by atoms with van der Waals surface area (Å²) in [4.78, 5) is 20.0. The summed E-state index contributed by atoms with van der Waals surface area (Å²) in [5.74, 6) is 0.704. The van der Waals surface area contributed by atoms with Crippen LogP contribution in [-0.4, -0.2) is 14.5 Å². The van der Waals surface area contributed by atoms with Crippen molar-refractivity contribution in [2.24, 2.45) is 0 Å². The Bertz CT molecular complexity index is 1170. The van der Waals surface area contributed by atoms with Gasteiger partial charge in [0.2, 0.25) is 0 Å². The summed E-state index contributed by atoms with van der Waals surface area (Å²) in [6, 6.07) is 16.3. The van der Waals surface area contributed by atoms with Gasteiger partial charge in [-0.05, 0) is 67.3 Å². The van der Waals surface area contributed by atoms with Crippen molar-refractivity contribution < 1.29 is 0 Å². The molecule has 130 valence electrons. The van der Waals surface area contributed by atoms with Crippen LogP contribution in [0, 0.1) is 20.8 Å². The summed E-state index contributed by atoms with van der Waals surface area (Å²) in [6.07, 6.45) is 1.65. The van der Waals surface area contributed by atoms with Crippen molar-refractivity contribution in [3.63, 3.8) is 0 Å². The first-order valence-electron chi connectivity index (χ1n) is 8.74. The van der Waals surface area contributed by atoms with Gasteiger partial charge >= 0.3 is 0 Å². The average Bonchev–Trinajstić information content (AvgIpc) is 2.95. The molecule has 0 aliphatic heterocycles. The first-order chi connectivity index (χ1) is 12.5. The molecule has 0 saturated carbocycles. The molecule has 26 heavy (non-hydrogen) atoms. The Balaban J connectivity index is 2.00. The minimum absolute atomic E-state index is 0.123. The zero-order valence-corrected chi connectivity index (χ0v) is 15.2. The molecular formula is C22H21N3O. The van der Waals surface area contributed by atoms with Gasteiger partial charge in [0, 0.05) is 12.7 Å². The molecule has 4 aromatic rings. The number of aryl methyl sites for hydroxylation is 3. The van der Waals surface area contributed by atoms with E-state index in [0.717, 1.165) is 11.0 Å². The largest absolute Gasteiger partial charge is 0.328 e. The average molecular weight is 343 g/mol. The number of aromatic amines is 1. The molecule has 0 atom stereocenters. The molecule has 2 heterocycles. The fourth-order valence-corrected chi connectivity index (χ4v) is 3.30. The molecule has 0 amide bonds. The summed E-state index contributed by atoms with van der Waals surface area (Å²) in [7, 11) is 0. The molecule has 1 N–H and O–H groups in total. The Labute approximate surface area is 152 Å². The Morgan fingerprint density at radius 3 is 2.50 bits per heavy atom. The number of imidazole rings is 1. The van der Waals surface area contributed by atoms with Gasteiger partial charge in [0.25, 0.3) is 5.56 Å². The summed E-state index contributed by atoms with van der Waals surface area (Å²) in [6.45, 7) is 6.98. The van der Waals surface area contributed by atoms with Gasteiger partial charge in [0.05, 0.1) is 16.6 Å². The third-order valence-electron chi connectivity index (χ3n) is 5.01. The Morgan fingerprint density at radius 2 is 1.73 bits per heavy atom. The van der Waals surface area contributed by atoms with Crippen LogP contribution in [0.4, 0.5) is 0 Å². The van der Waals surface area contributed by atoms with Gasteiger partial charge in [0.15, 0.2) is 0 Å². The lowest BCUT2D eigenvalue weighted by Gasteiger charge is -2.12. The van der Waals surface area contributed by atoms with Crippen LogP contribution >= 0.6 is 0 Å². The second-order valence-corrected chi connectivity index (χ2v) is 6.79. The molecule has 0 aliphatic carbocycles. The van der Waals surface area contributed by atoms with Crippen molar-refractivity contribution in [3.05, 3.63) is 87.3 Å². The van der Waals surface area contributed by atoms with Gasteiger partial charge in [-0.3, -0.25) is 4.79 Å². The van der Waals surface area contributed by atoms with E-state index in [9.17, 15) is 4.79 Å². The number of aromatic nitrogens is 3. The molecule has 4 nitrogen and oxygen atoms in total. The minimum Gasteiger partial charge on any atom is -0.328 e. The maximum absolute atomic E-state index is 12.4. The van der Waals surface area contributed by atoms with E-state index in [2.05, 4.69) is 54.6 Å². The molecule has 0 bridgehead atoms. The maximum Gasteiger partial charge on any atom is 0.258 e. The molecule has 2 aromatic heterocycles. The highest BCUT2D eigenvalue weighted by atomic mass is 16.1. The van der Waals surface area contributed by atoms with E-state index in [1.54, 1.807) is 6.20 Å². The maximum atomic E-state index is 12.4. The SMILES string of the molecule is Cc1cc2nc(-c3ccc[nH]c3=O)n(Cc3ccccc3C)c2cc1C. The van der Waals surface area contributed by atoms with Crippen molar-refractivity contribution in [1.29, 1.82) is 0 Å². The monoisotopic (exact) mass is 343 g/mol. The highest BCUT2D eigenvalue weighted by Gasteiger charge is 2.16. The lowest BCUT2D eigenvalue weighted by atomic mass is 10.1. The fourth-order valence-electron chi connectivity index (χ4n) is 3.30. The molecule has 0 saturated heterocycles. The number of nitrogens with one attached hydrogen (secondary N) is 1. The Morgan fingerprint density at radius 1 is 0.962 bits per heavy atom. The summed E-state index contributed by atoms with van der Waals surface area (Å²) in [5.41, 5.74) is 7.30. The van der Waals surface area contributed by atoms with E-state index in [4.69, 9.17) is 4.98 Å². The normalized spacial score (nSPS) is 11.2. The van der Waals surface area contributed by atoms with Crippen molar-refractivity contribution in [3.8, 4) is 11.4 Å². The first kappa shape index (κ1) is 16.3. The van der Waals surface area contributed by atoms with Crippen LogP contribution in [-0.2, 0) is 6.54 Å². The van der Waals surface area contributed by atoms with Gasteiger partial charge in [-0.1, -0.05) is 24.3 Å². The van der Waals surface area contributed by atoms with Crippen LogP contribution in [0.15, 0.2) is 59.5 Å². The lowest BCUT2D eigenvalue weighted by Crippen LogP contribution is -2.12. The zero-order valence-electron chi connectivity index (χ0n) is 15.2. The number of benzene rings is 2. The molecule has 4 heteroatoms. The molecule has 2 aromatic carbocycles. The Kier molecular flexibility index (Phi) is 3.96. The number of fused-ring (bicyclic) bond motifs is 1. The quantitative estimate of drug-likeness (QED) is 0.601. The van der Waals surface area contributed by atoms with E-state index in [0.29, 0.717) is 17.9 Å². The van der Waals surface area contributed by atoms with Gasteiger partial charge in [-0.25, -0.2) is 4.98 Å². The molecular weight excluding hydrogens is 322 g/mol. The lowest BCUT2D eigenvalue weighted by molar-refractivity contribution is 0.826. The van der Waals surface area contributed by atoms with Crippen LogP contribution in [0.5, 0.6) is 0 Å². The van der Waals surface area contributed by atoms with Crippen LogP contribution in [0.1, 0.15) is 22.3 Å². The molecule has 0 radical (unpaired) electrons. The van der Waals surface area contributed by atoms with Gasteiger partial charge in [-0.15, -0.1) is 0 Å². The molecule has 4 rings (SSSR count). The van der Waals surface area contributed by atoms with Crippen LogP contribution < -0.4 is 5.56 Å². The van der Waals surface area contributed by atoms with E-state index < -0.39 is 0 Å². The van der Waals surface area contributed by atoms with Crippen LogP contribution in [0.25, 0.3) is 22.4 Å². The van der Waals surface area contributed by atoms with E-state index >= 15 is 0 Å².